The van der Waals surface area contributed by atoms with Crippen LogP contribution in [0.25, 0.3) is 10.2 Å². The number of carbonyl (C=O) groups excluding carboxylic acids is 1. The second kappa shape index (κ2) is 11.1. The number of rotatable bonds is 8. The summed E-state index contributed by atoms with van der Waals surface area (Å²) in [6.45, 7) is 1.98. The lowest BCUT2D eigenvalue weighted by Gasteiger charge is -2.33. The number of aromatic nitrogens is 1. The summed E-state index contributed by atoms with van der Waals surface area (Å²) in [5.74, 6) is -0.265. The fourth-order valence-electron chi connectivity index (χ4n) is 4.17. The molecule has 1 amide bonds. The van der Waals surface area contributed by atoms with Gasteiger partial charge in [0, 0.05) is 35.6 Å². The highest BCUT2D eigenvalue weighted by atomic mass is 35.5. The third-order valence-electron chi connectivity index (χ3n) is 6.08. The van der Waals surface area contributed by atoms with Gasteiger partial charge in [-0.25, -0.2) is 13.4 Å². The standard InChI is InChI=1S/C24H28Cl2N4O3S2/c1-28(2)12-3-13-30(24-27-21-9-6-19(26)16-22(21)34-24)23(31)17-10-14-29(15-11-17)35(32,33)20-7-4-18(25)5-8-20/h4-9,16-17H,3,10-15H2,1-2H3. The van der Waals surface area contributed by atoms with Crippen LogP contribution >= 0.6 is 34.5 Å². The van der Waals surface area contributed by atoms with Gasteiger partial charge in [-0.15, -0.1) is 0 Å². The number of sulfonamides is 1. The van der Waals surface area contributed by atoms with Gasteiger partial charge in [0.2, 0.25) is 15.9 Å². The van der Waals surface area contributed by atoms with Crippen molar-refractivity contribution in [2.45, 2.75) is 24.2 Å². The molecule has 2 heterocycles. The molecule has 35 heavy (non-hydrogen) atoms. The van der Waals surface area contributed by atoms with Gasteiger partial charge in [0.05, 0.1) is 15.1 Å². The van der Waals surface area contributed by atoms with Gasteiger partial charge in [-0.05, 0) is 82.4 Å². The van der Waals surface area contributed by atoms with Crippen LogP contribution in [0.4, 0.5) is 5.13 Å². The van der Waals surface area contributed by atoms with Crippen LogP contribution in [0.2, 0.25) is 10.0 Å². The number of halogens is 2. The zero-order valence-electron chi connectivity index (χ0n) is 19.7. The van der Waals surface area contributed by atoms with Gasteiger partial charge in [0.25, 0.3) is 0 Å². The summed E-state index contributed by atoms with van der Waals surface area (Å²) in [5.41, 5.74) is 0.809. The average molecular weight is 556 g/mol. The van der Waals surface area contributed by atoms with E-state index in [-0.39, 0.29) is 16.7 Å². The molecule has 0 bridgehead atoms. The van der Waals surface area contributed by atoms with Crippen LogP contribution in [-0.4, -0.2) is 68.8 Å². The molecule has 1 aliphatic heterocycles. The molecular formula is C24H28Cl2N4O3S2. The fraction of sp³-hybridized carbons (Fsp3) is 0.417. The second-order valence-electron chi connectivity index (χ2n) is 8.89. The molecule has 1 aromatic heterocycles. The van der Waals surface area contributed by atoms with Crippen LogP contribution < -0.4 is 4.90 Å². The molecule has 2 aromatic carbocycles. The maximum absolute atomic E-state index is 13.7. The quantitative estimate of drug-likeness (QED) is 0.392. The van der Waals surface area contributed by atoms with Gasteiger partial charge in [-0.2, -0.15) is 4.31 Å². The summed E-state index contributed by atoms with van der Waals surface area (Å²) in [4.78, 5) is 22.4. The number of amides is 1. The predicted molar refractivity (Wildman–Crippen MR) is 143 cm³/mol. The highest BCUT2D eigenvalue weighted by molar-refractivity contribution is 7.89. The Morgan fingerprint density at radius 2 is 1.71 bits per heavy atom. The molecule has 0 unspecified atom stereocenters. The van der Waals surface area contributed by atoms with Gasteiger partial charge in [0.1, 0.15) is 0 Å². The van der Waals surface area contributed by atoms with Gasteiger partial charge < -0.3 is 4.90 Å². The summed E-state index contributed by atoms with van der Waals surface area (Å²) in [6, 6.07) is 11.7. The minimum atomic E-state index is -3.62. The topological polar surface area (TPSA) is 73.8 Å². The largest absolute Gasteiger partial charge is 0.309 e. The number of hydrogen-bond donors (Lipinski definition) is 0. The van der Waals surface area contributed by atoms with Crippen molar-refractivity contribution in [3.63, 3.8) is 0 Å². The number of piperidine rings is 1. The molecule has 1 saturated heterocycles. The first kappa shape index (κ1) is 26.3. The van der Waals surface area contributed by atoms with Crippen LogP contribution in [0, 0.1) is 5.92 Å². The van der Waals surface area contributed by atoms with Gasteiger partial charge >= 0.3 is 0 Å². The van der Waals surface area contributed by atoms with Crippen LogP contribution in [-0.2, 0) is 14.8 Å². The lowest BCUT2D eigenvalue weighted by molar-refractivity contribution is -0.123. The van der Waals surface area contributed by atoms with Crippen molar-refractivity contribution >= 4 is 65.8 Å². The smallest absolute Gasteiger partial charge is 0.243 e. The Kier molecular flexibility index (Phi) is 8.35. The molecule has 0 aliphatic carbocycles. The van der Waals surface area contributed by atoms with E-state index in [9.17, 15) is 13.2 Å². The van der Waals surface area contributed by atoms with E-state index < -0.39 is 10.0 Å². The van der Waals surface area contributed by atoms with E-state index in [1.807, 2.05) is 26.2 Å². The fourth-order valence-corrected chi connectivity index (χ4v) is 7.03. The molecule has 11 heteroatoms. The SMILES string of the molecule is CN(C)CCCN(C(=O)C1CCN(S(=O)(=O)c2ccc(Cl)cc2)CC1)c1nc2ccc(Cl)cc2s1. The summed E-state index contributed by atoms with van der Waals surface area (Å²) in [6.07, 6.45) is 1.73. The Morgan fingerprint density at radius 1 is 1.06 bits per heavy atom. The number of hydrogen-bond acceptors (Lipinski definition) is 6. The van der Waals surface area contributed by atoms with Crippen LogP contribution in [0.1, 0.15) is 19.3 Å². The highest BCUT2D eigenvalue weighted by Crippen LogP contribution is 2.33. The van der Waals surface area contributed by atoms with Crippen molar-refractivity contribution in [1.29, 1.82) is 0 Å². The van der Waals surface area contributed by atoms with E-state index in [1.54, 1.807) is 23.1 Å². The lowest BCUT2D eigenvalue weighted by atomic mass is 9.96. The van der Waals surface area contributed by atoms with Gasteiger partial charge in [-0.3, -0.25) is 9.69 Å². The third-order valence-corrected chi connectivity index (χ3v) is 9.52. The summed E-state index contributed by atoms with van der Waals surface area (Å²) in [5, 5.41) is 1.77. The van der Waals surface area contributed by atoms with Crippen molar-refractivity contribution in [3.8, 4) is 0 Å². The zero-order valence-corrected chi connectivity index (χ0v) is 22.8. The third kappa shape index (κ3) is 6.15. The highest BCUT2D eigenvalue weighted by Gasteiger charge is 2.35. The molecule has 1 fully saturated rings. The summed E-state index contributed by atoms with van der Waals surface area (Å²) < 4.78 is 28.4. The van der Waals surface area contributed by atoms with Crippen molar-refractivity contribution in [2.75, 3.05) is 45.2 Å². The molecule has 188 valence electrons. The summed E-state index contributed by atoms with van der Waals surface area (Å²) >= 11 is 13.5. The Morgan fingerprint density at radius 3 is 2.37 bits per heavy atom. The Balaban J connectivity index is 1.49. The number of carbonyl (C=O) groups is 1. The Hall–Kier alpha value is -1.75. The summed E-state index contributed by atoms with van der Waals surface area (Å²) in [7, 11) is 0.381. The minimum Gasteiger partial charge on any atom is -0.309 e. The van der Waals surface area contributed by atoms with Crippen molar-refractivity contribution < 1.29 is 13.2 Å². The van der Waals surface area contributed by atoms with E-state index in [2.05, 4.69) is 4.90 Å². The van der Waals surface area contributed by atoms with Crippen LogP contribution in [0.5, 0.6) is 0 Å². The second-order valence-corrected chi connectivity index (χ2v) is 12.7. The molecule has 7 nitrogen and oxygen atoms in total. The van der Waals surface area contributed by atoms with Gasteiger partial charge in [-0.1, -0.05) is 34.5 Å². The van der Waals surface area contributed by atoms with Crippen LogP contribution in [0.3, 0.4) is 0 Å². The molecule has 4 rings (SSSR count). The predicted octanol–water partition coefficient (Wildman–Crippen LogP) is 4.99. The average Bonchev–Trinajstić information content (AvgIpc) is 3.24. The molecule has 0 radical (unpaired) electrons. The molecule has 0 saturated carbocycles. The Labute approximate surface area is 220 Å². The van der Waals surface area contributed by atoms with E-state index in [0.717, 1.165) is 23.2 Å². The first-order chi connectivity index (χ1) is 16.6. The van der Waals surface area contributed by atoms with E-state index in [0.29, 0.717) is 47.7 Å². The monoisotopic (exact) mass is 554 g/mol. The van der Waals surface area contributed by atoms with Crippen molar-refractivity contribution in [3.05, 3.63) is 52.5 Å². The number of nitrogens with zero attached hydrogens (tertiary/aromatic N) is 4. The van der Waals surface area contributed by atoms with Gasteiger partial charge in [0.15, 0.2) is 5.13 Å². The molecule has 0 atom stereocenters. The zero-order chi connectivity index (χ0) is 25.2. The molecule has 1 aliphatic rings. The normalized spacial score (nSPS) is 15.7. The molecule has 0 spiro atoms. The van der Waals surface area contributed by atoms with Crippen molar-refractivity contribution in [2.24, 2.45) is 5.92 Å². The minimum absolute atomic E-state index is 0.00236. The number of benzene rings is 2. The number of anilines is 1. The maximum atomic E-state index is 13.7. The lowest BCUT2D eigenvalue weighted by Crippen LogP contribution is -2.45. The van der Waals surface area contributed by atoms with E-state index >= 15 is 0 Å². The number of thiazole rings is 1. The van der Waals surface area contributed by atoms with Crippen molar-refractivity contribution in [1.82, 2.24) is 14.2 Å². The number of fused-ring (bicyclic) bond motifs is 1. The Bertz CT molecular complexity index is 1290. The molecule has 3 aromatic rings. The molecular weight excluding hydrogens is 527 g/mol. The first-order valence-corrected chi connectivity index (χ1v) is 14.4. The molecule has 0 N–H and O–H groups in total. The van der Waals surface area contributed by atoms with E-state index in [4.69, 9.17) is 28.2 Å². The first-order valence-electron chi connectivity index (χ1n) is 11.4. The van der Waals surface area contributed by atoms with Crippen LogP contribution in [0.15, 0.2) is 47.4 Å². The maximum Gasteiger partial charge on any atom is 0.243 e. The van der Waals surface area contributed by atoms with E-state index in [1.165, 1.54) is 27.8 Å².